The topological polar surface area (TPSA) is 93.3 Å². The number of aryl methyl sites for hydroxylation is 3. The molecular formula is C27H27N5O2S2. The molecule has 184 valence electrons. The maximum Gasteiger partial charge on any atom is 0.309 e. The largest absolute Gasteiger partial charge is 0.481 e. The SMILES string of the molecule is CC[C@H](C(=O)O)C1N=C(c2ccc(C=Cc3scnc3C)cc2)c2c(sc(C)c2C)-n2c(C)nnc21. The summed E-state index contributed by atoms with van der Waals surface area (Å²) < 4.78 is 2.00. The zero-order chi connectivity index (χ0) is 25.6. The normalized spacial score (nSPS) is 15.9. The first kappa shape index (κ1) is 24.3. The van der Waals surface area contributed by atoms with Crippen molar-refractivity contribution in [2.75, 3.05) is 0 Å². The smallest absolute Gasteiger partial charge is 0.309 e. The fraction of sp³-hybridized carbons (Fsp3) is 0.296. The number of hydrogen-bond donors (Lipinski definition) is 1. The van der Waals surface area contributed by atoms with E-state index < -0.39 is 17.9 Å². The van der Waals surface area contributed by atoms with Gasteiger partial charge < -0.3 is 5.11 Å². The van der Waals surface area contributed by atoms with Crippen LogP contribution in [0.3, 0.4) is 0 Å². The van der Waals surface area contributed by atoms with Crippen LogP contribution in [0, 0.1) is 33.6 Å². The number of nitrogens with zero attached hydrogens (tertiary/aromatic N) is 5. The number of hydrogen-bond acceptors (Lipinski definition) is 7. The van der Waals surface area contributed by atoms with Gasteiger partial charge in [0.05, 0.1) is 22.8 Å². The molecule has 2 atom stereocenters. The van der Waals surface area contributed by atoms with Crippen LogP contribution in [-0.2, 0) is 4.79 Å². The summed E-state index contributed by atoms with van der Waals surface area (Å²) in [5.41, 5.74) is 7.86. The molecule has 0 spiro atoms. The maximum atomic E-state index is 12.2. The third-order valence-electron chi connectivity index (χ3n) is 6.72. The predicted molar refractivity (Wildman–Crippen MR) is 145 cm³/mol. The average Bonchev–Trinajstić information content (AvgIpc) is 3.50. The number of aliphatic imine (C=N–C) groups is 1. The summed E-state index contributed by atoms with van der Waals surface area (Å²) in [5, 5.41) is 19.8. The Balaban J connectivity index is 1.65. The molecule has 1 N–H and O–H groups in total. The number of carboxylic acid groups (broad SMARTS) is 1. The number of thiazole rings is 1. The van der Waals surface area contributed by atoms with E-state index in [9.17, 15) is 9.90 Å². The van der Waals surface area contributed by atoms with Gasteiger partial charge >= 0.3 is 5.97 Å². The minimum atomic E-state index is -0.880. The van der Waals surface area contributed by atoms with Crippen LogP contribution in [0.1, 0.15) is 68.7 Å². The lowest BCUT2D eigenvalue weighted by Crippen LogP contribution is -2.23. The Morgan fingerprint density at radius 1 is 1.14 bits per heavy atom. The highest BCUT2D eigenvalue weighted by Gasteiger charge is 2.37. The third kappa shape index (κ3) is 4.12. The predicted octanol–water partition coefficient (Wildman–Crippen LogP) is 6.19. The second-order valence-electron chi connectivity index (χ2n) is 8.94. The quantitative estimate of drug-likeness (QED) is 0.329. The Hall–Kier alpha value is -3.43. The molecule has 1 unspecified atom stereocenters. The Labute approximate surface area is 217 Å². The van der Waals surface area contributed by atoms with E-state index in [1.165, 1.54) is 4.88 Å². The van der Waals surface area contributed by atoms with Crippen LogP contribution < -0.4 is 0 Å². The zero-order valence-corrected chi connectivity index (χ0v) is 22.4. The van der Waals surface area contributed by atoms with Crippen molar-refractivity contribution in [3.8, 4) is 5.00 Å². The summed E-state index contributed by atoms with van der Waals surface area (Å²) in [6, 6.07) is 7.62. The Bertz CT molecular complexity index is 1510. The summed E-state index contributed by atoms with van der Waals surface area (Å²) in [4.78, 5) is 24.0. The zero-order valence-electron chi connectivity index (χ0n) is 20.8. The highest BCUT2D eigenvalue weighted by Crippen LogP contribution is 2.41. The van der Waals surface area contributed by atoms with E-state index in [1.54, 1.807) is 22.7 Å². The second kappa shape index (κ2) is 9.55. The standard InChI is InChI=1S/C27H27N5O2S2/c1-6-20(27(33)34)24-25-31-30-17(5)32(25)26-22(14(2)16(4)36-26)23(29-24)19-10-7-18(8-11-19)9-12-21-15(3)28-13-35-21/h7-13,20,24H,6H2,1-5H3,(H,33,34)/t20-,24?/m0/s1. The molecule has 0 fully saturated rings. The first-order valence-corrected chi connectivity index (χ1v) is 13.5. The molecule has 7 nitrogen and oxygen atoms in total. The van der Waals surface area contributed by atoms with Gasteiger partial charge in [0.15, 0.2) is 5.82 Å². The highest BCUT2D eigenvalue weighted by molar-refractivity contribution is 7.15. The minimum Gasteiger partial charge on any atom is -0.481 e. The Kier molecular flexibility index (Phi) is 6.44. The Morgan fingerprint density at radius 2 is 1.89 bits per heavy atom. The lowest BCUT2D eigenvalue weighted by molar-refractivity contribution is -0.142. The average molecular weight is 518 g/mol. The molecule has 0 saturated carbocycles. The fourth-order valence-electron chi connectivity index (χ4n) is 4.54. The van der Waals surface area contributed by atoms with Crippen molar-refractivity contribution in [3.63, 3.8) is 0 Å². The summed E-state index contributed by atoms with van der Waals surface area (Å²) >= 11 is 3.29. The molecule has 0 aliphatic carbocycles. The van der Waals surface area contributed by atoms with Gasteiger partial charge in [-0.1, -0.05) is 37.3 Å². The number of fused-ring (bicyclic) bond motifs is 3. The molecule has 5 rings (SSSR count). The van der Waals surface area contributed by atoms with Crippen LogP contribution in [0.4, 0.5) is 0 Å². The van der Waals surface area contributed by atoms with Crippen molar-refractivity contribution < 1.29 is 9.90 Å². The molecule has 1 aliphatic rings. The van der Waals surface area contributed by atoms with E-state index in [1.807, 2.05) is 30.8 Å². The van der Waals surface area contributed by atoms with E-state index in [-0.39, 0.29) is 0 Å². The van der Waals surface area contributed by atoms with E-state index in [0.717, 1.165) is 49.4 Å². The first-order chi connectivity index (χ1) is 17.3. The Morgan fingerprint density at radius 3 is 2.53 bits per heavy atom. The molecule has 0 amide bonds. The van der Waals surface area contributed by atoms with Gasteiger partial charge in [0.1, 0.15) is 16.9 Å². The lowest BCUT2D eigenvalue weighted by Gasteiger charge is -2.18. The summed E-state index contributed by atoms with van der Waals surface area (Å²) in [7, 11) is 0. The minimum absolute atomic E-state index is 0.440. The molecule has 0 saturated heterocycles. The molecule has 9 heteroatoms. The summed E-state index contributed by atoms with van der Waals surface area (Å²) in [6.07, 6.45) is 4.60. The van der Waals surface area contributed by atoms with Crippen molar-refractivity contribution in [1.29, 1.82) is 0 Å². The highest BCUT2D eigenvalue weighted by atomic mass is 32.1. The van der Waals surface area contributed by atoms with Crippen molar-refractivity contribution in [2.45, 2.75) is 47.1 Å². The molecule has 0 radical (unpaired) electrons. The van der Waals surface area contributed by atoms with E-state index in [2.05, 4.69) is 65.4 Å². The molecule has 0 bridgehead atoms. The summed E-state index contributed by atoms with van der Waals surface area (Å²) in [5.74, 6) is -0.274. The van der Waals surface area contributed by atoms with Crippen molar-refractivity contribution >= 4 is 46.5 Å². The first-order valence-electron chi connectivity index (χ1n) is 11.8. The number of rotatable bonds is 6. The van der Waals surface area contributed by atoms with Crippen LogP contribution in [0.2, 0.25) is 0 Å². The van der Waals surface area contributed by atoms with Crippen LogP contribution in [0.15, 0.2) is 34.8 Å². The number of aromatic nitrogens is 4. The molecule has 4 aromatic rings. The molecule has 36 heavy (non-hydrogen) atoms. The van der Waals surface area contributed by atoms with Gasteiger partial charge in [-0.15, -0.1) is 32.9 Å². The molecule has 1 aliphatic heterocycles. The van der Waals surface area contributed by atoms with Crippen molar-refractivity contribution in [1.82, 2.24) is 19.7 Å². The van der Waals surface area contributed by atoms with Gasteiger partial charge in [-0.3, -0.25) is 14.4 Å². The van der Waals surface area contributed by atoms with Gasteiger partial charge in [0.25, 0.3) is 0 Å². The van der Waals surface area contributed by atoms with E-state index in [0.29, 0.717) is 12.2 Å². The molecular weight excluding hydrogens is 490 g/mol. The molecule has 4 heterocycles. The second-order valence-corrected chi connectivity index (χ2v) is 11.0. The van der Waals surface area contributed by atoms with Gasteiger partial charge in [0, 0.05) is 20.9 Å². The van der Waals surface area contributed by atoms with Gasteiger partial charge in [-0.2, -0.15) is 0 Å². The molecule has 1 aromatic carbocycles. The number of thiophene rings is 1. The van der Waals surface area contributed by atoms with E-state index >= 15 is 0 Å². The van der Waals surface area contributed by atoms with Crippen LogP contribution in [-0.4, -0.2) is 36.5 Å². The van der Waals surface area contributed by atoms with Crippen LogP contribution in [0.25, 0.3) is 17.2 Å². The lowest BCUT2D eigenvalue weighted by atomic mass is 9.95. The van der Waals surface area contributed by atoms with Crippen molar-refractivity contribution in [2.24, 2.45) is 10.9 Å². The van der Waals surface area contributed by atoms with Gasteiger partial charge in [0.2, 0.25) is 0 Å². The third-order valence-corrected chi connectivity index (χ3v) is 8.81. The monoisotopic (exact) mass is 517 g/mol. The van der Waals surface area contributed by atoms with Crippen LogP contribution >= 0.6 is 22.7 Å². The number of carbonyl (C=O) groups is 1. The fourth-order valence-corrected chi connectivity index (χ4v) is 6.45. The van der Waals surface area contributed by atoms with E-state index in [4.69, 9.17) is 4.99 Å². The van der Waals surface area contributed by atoms with Gasteiger partial charge in [-0.05, 0) is 51.3 Å². The molecule has 3 aromatic heterocycles. The number of benzene rings is 1. The summed E-state index contributed by atoms with van der Waals surface area (Å²) in [6.45, 7) is 9.99. The maximum absolute atomic E-state index is 12.2. The number of carboxylic acids is 1. The van der Waals surface area contributed by atoms with Crippen molar-refractivity contribution in [3.05, 3.63) is 79.1 Å². The van der Waals surface area contributed by atoms with Crippen LogP contribution in [0.5, 0.6) is 0 Å². The van der Waals surface area contributed by atoms with Gasteiger partial charge in [-0.25, -0.2) is 4.98 Å². The number of aliphatic carboxylic acids is 1.